The highest BCUT2D eigenvalue weighted by Crippen LogP contribution is 2.57. The summed E-state index contributed by atoms with van der Waals surface area (Å²) >= 11 is 0. The van der Waals surface area contributed by atoms with Gasteiger partial charge in [0.25, 0.3) is 0 Å². The summed E-state index contributed by atoms with van der Waals surface area (Å²) in [4.78, 5) is 0. The van der Waals surface area contributed by atoms with Crippen LogP contribution in [0.4, 0.5) is 0 Å². The Bertz CT molecular complexity index is 606. The summed E-state index contributed by atoms with van der Waals surface area (Å²) in [6.07, 6.45) is 5.89. The van der Waals surface area contributed by atoms with Gasteiger partial charge in [-0.15, -0.1) is 0 Å². The van der Waals surface area contributed by atoms with Gasteiger partial charge in [-0.2, -0.15) is 0 Å². The summed E-state index contributed by atoms with van der Waals surface area (Å²) in [7, 11) is 0. The largest absolute Gasteiger partial charge is 0.391 e. The first kappa shape index (κ1) is 18.9. The number of hydrogen-bond donors (Lipinski definition) is 1. The van der Waals surface area contributed by atoms with Gasteiger partial charge in [-0.1, -0.05) is 52.3 Å². The molecule has 140 valence electrons. The van der Waals surface area contributed by atoms with Crippen molar-refractivity contribution in [3.63, 3.8) is 0 Å². The Morgan fingerprint density at radius 2 is 1.96 bits per heavy atom. The minimum absolute atomic E-state index is 0.219. The van der Waals surface area contributed by atoms with Gasteiger partial charge in [0.1, 0.15) is 0 Å². The molecular formula is C23H36O2. The van der Waals surface area contributed by atoms with Gasteiger partial charge in [-0.05, 0) is 72.0 Å². The fourth-order valence-corrected chi connectivity index (χ4v) is 5.64. The Kier molecular flexibility index (Phi) is 5.33. The summed E-state index contributed by atoms with van der Waals surface area (Å²) in [5.74, 6) is 1.27. The van der Waals surface area contributed by atoms with Crippen molar-refractivity contribution in [2.24, 2.45) is 11.3 Å². The Labute approximate surface area is 154 Å². The van der Waals surface area contributed by atoms with Crippen LogP contribution in [-0.4, -0.2) is 24.4 Å². The van der Waals surface area contributed by atoms with Gasteiger partial charge in [-0.3, -0.25) is 0 Å². The normalized spacial score (nSPS) is 33.0. The van der Waals surface area contributed by atoms with E-state index in [2.05, 4.69) is 45.9 Å². The van der Waals surface area contributed by atoms with Crippen molar-refractivity contribution < 1.29 is 9.84 Å². The van der Waals surface area contributed by atoms with Gasteiger partial charge in [0.2, 0.25) is 0 Å². The first-order valence-electron chi connectivity index (χ1n) is 10.2. The number of aliphatic hydroxyl groups is 1. The van der Waals surface area contributed by atoms with Crippen LogP contribution in [-0.2, 0) is 16.6 Å². The Morgan fingerprint density at radius 3 is 2.64 bits per heavy atom. The fraction of sp³-hybridized carbons (Fsp3) is 0.739. The average Bonchev–Trinajstić information content (AvgIpc) is 2.53. The van der Waals surface area contributed by atoms with Crippen molar-refractivity contribution in [1.82, 2.24) is 0 Å². The molecule has 2 aliphatic carbocycles. The molecule has 2 nitrogen and oxygen atoms in total. The monoisotopic (exact) mass is 344 g/mol. The first-order valence-corrected chi connectivity index (χ1v) is 10.2. The number of benzene rings is 1. The first-order chi connectivity index (χ1) is 11.8. The Morgan fingerprint density at radius 1 is 1.20 bits per heavy atom. The van der Waals surface area contributed by atoms with E-state index in [4.69, 9.17) is 4.74 Å². The molecule has 1 aromatic carbocycles. The van der Waals surface area contributed by atoms with E-state index in [0.29, 0.717) is 18.4 Å². The van der Waals surface area contributed by atoms with Crippen LogP contribution in [0.2, 0.25) is 0 Å². The molecular weight excluding hydrogens is 308 g/mol. The molecule has 0 bridgehead atoms. The second-order valence-electron chi connectivity index (χ2n) is 9.45. The summed E-state index contributed by atoms with van der Waals surface area (Å²) in [6.45, 7) is 12.5. The van der Waals surface area contributed by atoms with E-state index in [1.807, 2.05) is 0 Å². The van der Waals surface area contributed by atoms with Crippen molar-refractivity contribution in [2.75, 3.05) is 13.2 Å². The molecule has 0 amide bonds. The lowest BCUT2D eigenvalue weighted by atomic mass is 9.50. The van der Waals surface area contributed by atoms with E-state index in [1.165, 1.54) is 37.7 Å². The number of aryl methyl sites for hydroxylation is 1. The molecule has 4 atom stereocenters. The minimum atomic E-state index is -0.375. The molecule has 0 spiro atoms. The maximum absolute atomic E-state index is 9.52. The summed E-state index contributed by atoms with van der Waals surface area (Å²) in [5.41, 5.74) is 5.13. The molecule has 0 aromatic heterocycles. The molecule has 3 rings (SSSR count). The lowest BCUT2D eigenvalue weighted by molar-refractivity contribution is -0.0620. The predicted molar refractivity (Wildman–Crippen MR) is 104 cm³/mol. The molecule has 1 N–H and O–H groups in total. The molecule has 1 aromatic rings. The van der Waals surface area contributed by atoms with Crippen LogP contribution in [0.1, 0.15) is 82.9 Å². The second kappa shape index (κ2) is 7.04. The van der Waals surface area contributed by atoms with Gasteiger partial charge in [0, 0.05) is 0 Å². The quantitative estimate of drug-likeness (QED) is 0.794. The average molecular weight is 345 g/mol. The summed E-state index contributed by atoms with van der Waals surface area (Å²) in [6, 6.07) is 7.25. The van der Waals surface area contributed by atoms with Crippen LogP contribution in [0.3, 0.4) is 0 Å². The number of fused-ring (bicyclic) bond motifs is 3. The maximum atomic E-state index is 9.52. The van der Waals surface area contributed by atoms with Crippen molar-refractivity contribution in [3.05, 3.63) is 34.9 Å². The third-order valence-corrected chi connectivity index (χ3v) is 6.96. The standard InChI is InChI=1S/C23H36O2/c1-16(2)18-7-9-20-19(13-18)8-10-21-22(4,15-25-14-17(3)24)11-6-12-23(20,21)5/h7,9,13,16-17,21,24H,6,8,10-12,14-15H2,1-5H3/t17?,21-,22-,23+/m0/s1. The van der Waals surface area contributed by atoms with Crippen molar-refractivity contribution >= 4 is 0 Å². The Hall–Kier alpha value is -0.860. The second-order valence-corrected chi connectivity index (χ2v) is 9.45. The van der Waals surface area contributed by atoms with E-state index in [9.17, 15) is 5.11 Å². The van der Waals surface area contributed by atoms with E-state index in [-0.39, 0.29) is 16.9 Å². The highest BCUT2D eigenvalue weighted by Gasteiger charge is 2.51. The Balaban J connectivity index is 1.88. The highest BCUT2D eigenvalue weighted by atomic mass is 16.5. The molecule has 0 saturated heterocycles. The molecule has 0 aliphatic heterocycles. The third kappa shape index (κ3) is 3.53. The van der Waals surface area contributed by atoms with E-state index in [1.54, 1.807) is 18.1 Å². The zero-order chi connectivity index (χ0) is 18.2. The van der Waals surface area contributed by atoms with Gasteiger partial charge < -0.3 is 9.84 Å². The van der Waals surface area contributed by atoms with E-state index >= 15 is 0 Å². The van der Waals surface area contributed by atoms with Crippen LogP contribution in [0.5, 0.6) is 0 Å². The van der Waals surface area contributed by atoms with Crippen LogP contribution < -0.4 is 0 Å². The number of rotatable bonds is 5. The minimum Gasteiger partial charge on any atom is -0.391 e. The van der Waals surface area contributed by atoms with Crippen molar-refractivity contribution in [3.8, 4) is 0 Å². The zero-order valence-electron chi connectivity index (χ0n) is 16.8. The summed E-state index contributed by atoms with van der Waals surface area (Å²) < 4.78 is 5.92. The molecule has 1 fully saturated rings. The lowest BCUT2D eigenvalue weighted by Gasteiger charge is -2.55. The van der Waals surface area contributed by atoms with E-state index < -0.39 is 0 Å². The molecule has 2 heteroatoms. The van der Waals surface area contributed by atoms with Gasteiger partial charge in [0.15, 0.2) is 0 Å². The summed E-state index contributed by atoms with van der Waals surface area (Å²) in [5, 5.41) is 9.52. The number of ether oxygens (including phenoxy) is 1. The number of aliphatic hydroxyl groups excluding tert-OH is 1. The molecule has 1 unspecified atom stereocenters. The highest BCUT2D eigenvalue weighted by molar-refractivity contribution is 5.42. The van der Waals surface area contributed by atoms with Crippen LogP contribution >= 0.6 is 0 Å². The lowest BCUT2D eigenvalue weighted by Crippen LogP contribution is -2.51. The smallest absolute Gasteiger partial charge is 0.0745 e. The van der Waals surface area contributed by atoms with Crippen molar-refractivity contribution in [2.45, 2.75) is 84.2 Å². The molecule has 25 heavy (non-hydrogen) atoms. The maximum Gasteiger partial charge on any atom is 0.0745 e. The topological polar surface area (TPSA) is 29.5 Å². The third-order valence-electron chi connectivity index (χ3n) is 6.96. The van der Waals surface area contributed by atoms with Gasteiger partial charge in [0.05, 0.1) is 19.3 Å². The van der Waals surface area contributed by atoms with Gasteiger partial charge >= 0.3 is 0 Å². The fourth-order valence-electron chi connectivity index (χ4n) is 5.64. The SMILES string of the molecule is CC(O)COC[C@]1(C)CCC[C@]2(C)c3ccc(C(C)C)cc3CC[C@@H]12. The zero-order valence-corrected chi connectivity index (χ0v) is 16.8. The van der Waals surface area contributed by atoms with Crippen LogP contribution in [0.15, 0.2) is 18.2 Å². The molecule has 0 heterocycles. The van der Waals surface area contributed by atoms with Gasteiger partial charge in [-0.25, -0.2) is 0 Å². The van der Waals surface area contributed by atoms with Crippen molar-refractivity contribution in [1.29, 1.82) is 0 Å². The van der Waals surface area contributed by atoms with Crippen LogP contribution in [0.25, 0.3) is 0 Å². The molecule has 2 aliphatic rings. The molecule has 1 saturated carbocycles. The number of hydrogen-bond acceptors (Lipinski definition) is 2. The molecule has 0 radical (unpaired) electrons. The predicted octanol–water partition coefficient (Wildman–Crippen LogP) is 5.22. The van der Waals surface area contributed by atoms with Crippen LogP contribution in [0, 0.1) is 11.3 Å². The van der Waals surface area contributed by atoms with E-state index in [0.717, 1.165) is 6.61 Å².